The molecular weight excluding hydrogens is 480 g/mol. The van der Waals surface area contributed by atoms with Gasteiger partial charge >= 0.3 is 0 Å². The molecule has 0 bridgehead atoms. The molecule has 1 heterocycles. The summed E-state index contributed by atoms with van der Waals surface area (Å²) in [5.41, 5.74) is 5.82. The molecule has 168 valence electrons. The number of carbonyl (C=O) groups excluding carboxylic acids is 1. The van der Waals surface area contributed by atoms with Gasteiger partial charge < -0.3 is 20.1 Å². The number of carbonyl (C=O) groups is 1. The molecule has 0 aromatic heterocycles. The Balaban J connectivity index is 1.59. The lowest BCUT2D eigenvalue weighted by Gasteiger charge is -2.30. The summed E-state index contributed by atoms with van der Waals surface area (Å²) in [7, 11) is 3.26. The second kappa shape index (κ2) is 8.94. The summed E-state index contributed by atoms with van der Waals surface area (Å²) >= 11 is 3.69. The van der Waals surface area contributed by atoms with Crippen molar-refractivity contribution < 1.29 is 14.3 Å². The van der Waals surface area contributed by atoms with E-state index < -0.39 is 0 Å². The predicted molar refractivity (Wildman–Crippen MR) is 134 cm³/mol. The van der Waals surface area contributed by atoms with Crippen molar-refractivity contribution >= 4 is 33.1 Å². The zero-order valence-corrected chi connectivity index (χ0v) is 20.1. The van der Waals surface area contributed by atoms with E-state index in [-0.39, 0.29) is 17.7 Å². The molecule has 2 atom stereocenters. The maximum absolute atomic E-state index is 13.7. The minimum Gasteiger partial charge on any atom is -0.493 e. The number of nitrogens with one attached hydrogen (secondary N) is 2. The molecule has 0 saturated heterocycles. The Kier molecular flexibility index (Phi) is 5.85. The van der Waals surface area contributed by atoms with Gasteiger partial charge in [0.15, 0.2) is 17.3 Å². The zero-order valence-electron chi connectivity index (χ0n) is 18.5. The van der Waals surface area contributed by atoms with Gasteiger partial charge in [-0.2, -0.15) is 0 Å². The molecular formula is C27H25BrN2O3. The van der Waals surface area contributed by atoms with Crippen LogP contribution in [0.1, 0.15) is 35.9 Å². The normalized spacial score (nSPS) is 19.5. The van der Waals surface area contributed by atoms with Gasteiger partial charge in [0.2, 0.25) is 0 Å². The number of para-hydroxylation sites is 2. The van der Waals surface area contributed by atoms with Crippen LogP contribution in [0.15, 0.2) is 82.5 Å². The molecule has 0 unspecified atom stereocenters. The largest absolute Gasteiger partial charge is 0.493 e. The van der Waals surface area contributed by atoms with Crippen LogP contribution in [0.2, 0.25) is 0 Å². The third kappa shape index (κ3) is 4.00. The number of anilines is 2. The second-order valence-electron chi connectivity index (χ2n) is 8.30. The number of ether oxygens (including phenoxy) is 2. The minimum absolute atomic E-state index is 0.0497. The lowest BCUT2D eigenvalue weighted by molar-refractivity contribution is -0.116. The highest BCUT2D eigenvalue weighted by Gasteiger charge is 2.36. The molecule has 0 amide bonds. The van der Waals surface area contributed by atoms with Crippen LogP contribution >= 0.6 is 15.9 Å². The van der Waals surface area contributed by atoms with Gasteiger partial charge in [0.05, 0.1) is 31.6 Å². The van der Waals surface area contributed by atoms with Gasteiger partial charge in [-0.05, 0) is 53.8 Å². The summed E-state index contributed by atoms with van der Waals surface area (Å²) in [6.45, 7) is 0. The van der Waals surface area contributed by atoms with E-state index in [1.54, 1.807) is 14.2 Å². The highest BCUT2D eigenvalue weighted by molar-refractivity contribution is 9.10. The summed E-state index contributed by atoms with van der Waals surface area (Å²) in [4.78, 5) is 13.7. The van der Waals surface area contributed by atoms with Gasteiger partial charge in [0.1, 0.15) is 0 Å². The van der Waals surface area contributed by atoms with Gasteiger partial charge in [-0.25, -0.2) is 0 Å². The second-order valence-corrected chi connectivity index (χ2v) is 9.16. The fraction of sp³-hybridized carbons (Fsp3) is 0.222. The van der Waals surface area contributed by atoms with E-state index in [0.717, 1.165) is 44.7 Å². The summed E-state index contributed by atoms with van der Waals surface area (Å²) in [5, 5.41) is 7.21. The number of rotatable bonds is 4. The first-order valence-corrected chi connectivity index (χ1v) is 11.7. The van der Waals surface area contributed by atoms with Crippen molar-refractivity contribution in [3.05, 3.63) is 93.6 Å². The van der Waals surface area contributed by atoms with E-state index in [9.17, 15) is 4.79 Å². The predicted octanol–water partition coefficient (Wildman–Crippen LogP) is 6.45. The summed E-state index contributed by atoms with van der Waals surface area (Å²) in [6, 6.07) is 21.8. The molecule has 5 rings (SSSR count). The van der Waals surface area contributed by atoms with Gasteiger partial charge in [-0.3, -0.25) is 4.79 Å². The van der Waals surface area contributed by atoms with E-state index in [0.29, 0.717) is 17.9 Å². The fourth-order valence-corrected chi connectivity index (χ4v) is 5.29. The standard InChI is InChI=1S/C27H25BrN2O3/c1-32-24-12-11-16(15-25(24)33-2)17-13-22-26(23(31)14-17)27(18-7-3-4-8-19(18)28)30-21-10-6-5-9-20(21)29-22/h3-12,15,17,27,29-30H,13-14H2,1-2H3/t17-,27+/m0/s1. The van der Waals surface area contributed by atoms with Crippen molar-refractivity contribution in [2.24, 2.45) is 0 Å². The highest BCUT2D eigenvalue weighted by Crippen LogP contribution is 2.46. The van der Waals surface area contributed by atoms with Crippen LogP contribution in [0, 0.1) is 0 Å². The van der Waals surface area contributed by atoms with Crippen molar-refractivity contribution in [3.63, 3.8) is 0 Å². The quantitative estimate of drug-likeness (QED) is 0.427. The van der Waals surface area contributed by atoms with Crippen molar-refractivity contribution in [2.75, 3.05) is 24.9 Å². The monoisotopic (exact) mass is 504 g/mol. The van der Waals surface area contributed by atoms with Crippen molar-refractivity contribution in [2.45, 2.75) is 24.8 Å². The number of hydrogen-bond donors (Lipinski definition) is 2. The molecule has 2 aliphatic rings. The SMILES string of the molecule is COc1ccc([C@@H]2CC(=O)C3=C(C2)Nc2ccccc2N[C@@H]3c2ccccc2Br)cc1OC. The van der Waals surface area contributed by atoms with Gasteiger partial charge in [0, 0.05) is 22.2 Å². The van der Waals surface area contributed by atoms with Crippen molar-refractivity contribution in [1.82, 2.24) is 0 Å². The summed E-state index contributed by atoms with van der Waals surface area (Å²) in [6.07, 6.45) is 1.17. The van der Waals surface area contributed by atoms with Crippen LogP contribution in [0.4, 0.5) is 11.4 Å². The Bertz CT molecular complexity index is 1250. The molecule has 0 fully saturated rings. The van der Waals surface area contributed by atoms with Crippen molar-refractivity contribution in [3.8, 4) is 11.5 Å². The third-order valence-corrected chi connectivity index (χ3v) is 7.13. The molecule has 6 heteroatoms. The molecule has 2 N–H and O–H groups in total. The molecule has 1 aliphatic heterocycles. The lowest BCUT2D eigenvalue weighted by atomic mass is 9.78. The first-order valence-electron chi connectivity index (χ1n) is 10.9. The fourth-order valence-electron chi connectivity index (χ4n) is 4.78. The van der Waals surface area contributed by atoms with E-state index in [4.69, 9.17) is 9.47 Å². The van der Waals surface area contributed by atoms with Crippen LogP contribution in [-0.2, 0) is 4.79 Å². The molecule has 1 aliphatic carbocycles. The maximum Gasteiger partial charge on any atom is 0.163 e. The lowest BCUT2D eigenvalue weighted by Crippen LogP contribution is -2.27. The van der Waals surface area contributed by atoms with E-state index in [1.165, 1.54) is 0 Å². The molecule has 0 saturated carbocycles. The smallest absolute Gasteiger partial charge is 0.163 e. The Morgan fingerprint density at radius 2 is 1.61 bits per heavy atom. The number of Topliss-reactive ketones (excluding diaryl/α,β-unsaturated/α-hetero) is 1. The highest BCUT2D eigenvalue weighted by atomic mass is 79.9. The molecule has 3 aromatic rings. The minimum atomic E-state index is -0.245. The molecule has 3 aromatic carbocycles. The van der Waals surface area contributed by atoms with Crippen molar-refractivity contribution in [1.29, 1.82) is 0 Å². The number of benzene rings is 3. The molecule has 0 radical (unpaired) electrons. The number of hydrogen-bond acceptors (Lipinski definition) is 5. The summed E-state index contributed by atoms with van der Waals surface area (Å²) < 4.78 is 11.9. The Morgan fingerprint density at radius 3 is 2.36 bits per heavy atom. The average Bonchev–Trinajstić information content (AvgIpc) is 3.00. The Labute approximate surface area is 201 Å². The van der Waals surface area contributed by atoms with Crippen LogP contribution in [0.3, 0.4) is 0 Å². The molecule has 33 heavy (non-hydrogen) atoms. The number of fused-ring (bicyclic) bond motifs is 1. The average molecular weight is 505 g/mol. The van der Waals surface area contributed by atoms with E-state index in [2.05, 4.69) is 32.6 Å². The van der Waals surface area contributed by atoms with Crippen LogP contribution in [-0.4, -0.2) is 20.0 Å². The first-order chi connectivity index (χ1) is 16.1. The van der Waals surface area contributed by atoms with Gasteiger partial charge in [-0.15, -0.1) is 0 Å². The number of ketones is 1. The van der Waals surface area contributed by atoms with Crippen LogP contribution < -0.4 is 20.1 Å². The number of allylic oxidation sites excluding steroid dienone is 1. The summed E-state index contributed by atoms with van der Waals surface area (Å²) in [5.74, 6) is 1.55. The van der Waals surface area contributed by atoms with Gasteiger partial charge in [0.25, 0.3) is 0 Å². The molecule has 5 nitrogen and oxygen atoms in total. The molecule has 0 spiro atoms. The number of halogens is 1. The number of methoxy groups -OCH3 is 2. The van der Waals surface area contributed by atoms with E-state index in [1.807, 2.05) is 60.7 Å². The van der Waals surface area contributed by atoms with Crippen LogP contribution in [0.5, 0.6) is 11.5 Å². The van der Waals surface area contributed by atoms with Crippen LogP contribution in [0.25, 0.3) is 0 Å². The third-order valence-electron chi connectivity index (χ3n) is 6.40. The van der Waals surface area contributed by atoms with E-state index >= 15 is 0 Å². The Hall–Kier alpha value is -3.25. The topological polar surface area (TPSA) is 59.6 Å². The zero-order chi connectivity index (χ0) is 22.9. The maximum atomic E-state index is 13.7. The Morgan fingerprint density at radius 1 is 0.879 bits per heavy atom. The van der Waals surface area contributed by atoms with Gasteiger partial charge in [-0.1, -0.05) is 52.3 Å². The first kappa shape index (κ1) is 21.6.